The lowest BCUT2D eigenvalue weighted by atomic mass is 10.0. The van der Waals surface area contributed by atoms with Gasteiger partial charge in [0.15, 0.2) is 18.6 Å². The topological polar surface area (TPSA) is 322 Å². The third kappa shape index (κ3) is 7.91. The van der Waals surface area contributed by atoms with E-state index in [1.54, 1.807) is 0 Å². The first-order valence-electron chi connectivity index (χ1n) is 9.75. The summed E-state index contributed by atoms with van der Waals surface area (Å²) in [6, 6.07) is 0.872. The number of carboxylic acid groups (broad SMARTS) is 1. The van der Waals surface area contributed by atoms with Crippen molar-refractivity contribution < 1.29 is 77.2 Å². The number of aromatic amines is 1. The third-order valence-corrected chi connectivity index (χ3v) is 7.30. The summed E-state index contributed by atoms with van der Waals surface area (Å²) in [5.41, 5.74) is -1.87. The highest BCUT2D eigenvalue weighted by Crippen LogP contribution is 2.62. The first-order valence-corrected chi connectivity index (χ1v) is 12.7. The summed E-state index contributed by atoms with van der Waals surface area (Å²) in [7, 11) is -11.6. The largest absolute Gasteiger partial charge is 0.484 e. The zero-order valence-corrected chi connectivity index (χ0v) is 19.8. The number of aldehydes is 1. The minimum absolute atomic E-state index is 0.302. The van der Waals surface area contributed by atoms with E-state index in [-0.39, 0.29) is 6.29 Å². The number of carbonyl (C=O) groups is 2. The molecule has 9 N–H and O–H groups in total. The van der Waals surface area contributed by atoms with E-state index in [2.05, 4.69) is 13.4 Å². The molecule has 0 bridgehead atoms. The first kappa shape index (κ1) is 31.1. The lowest BCUT2D eigenvalue weighted by Gasteiger charge is -2.28. The van der Waals surface area contributed by atoms with Crippen molar-refractivity contribution in [2.75, 3.05) is 6.61 Å². The Morgan fingerprint density at radius 2 is 1.78 bits per heavy atom. The van der Waals surface area contributed by atoms with Gasteiger partial charge in [0.25, 0.3) is 5.56 Å². The van der Waals surface area contributed by atoms with Gasteiger partial charge in [-0.15, -0.1) is 0 Å². The van der Waals surface area contributed by atoms with Crippen LogP contribution in [0.2, 0.25) is 0 Å². The average molecular weight is 580 g/mol. The smallest absolute Gasteiger partial charge is 0.479 e. The second kappa shape index (κ2) is 12.1. The van der Waals surface area contributed by atoms with E-state index in [0.717, 1.165) is 12.3 Å². The van der Waals surface area contributed by atoms with Gasteiger partial charge in [0.05, 0.1) is 6.61 Å². The molecule has 1 aromatic rings. The number of phosphoric acid groups is 2. The van der Waals surface area contributed by atoms with E-state index >= 15 is 0 Å². The van der Waals surface area contributed by atoms with Crippen LogP contribution < -0.4 is 11.2 Å². The Morgan fingerprint density at radius 1 is 1.16 bits per heavy atom. The van der Waals surface area contributed by atoms with Gasteiger partial charge in [-0.25, -0.2) is 18.7 Å². The van der Waals surface area contributed by atoms with Gasteiger partial charge in [0.2, 0.25) is 0 Å². The Labute approximate surface area is 204 Å². The van der Waals surface area contributed by atoms with Crippen molar-refractivity contribution in [1.29, 1.82) is 0 Å². The first-order chi connectivity index (χ1) is 17.0. The van der Waals surface area contributed by atoms with Crippen LogP contribution in [0.1, 0.15) is 6.23 Å². The standard InChI is InChI=1S/C15H22N2O18P2/c18-3-5(19)8(21)10(23)12(14(25)26)34-37(31,35-36(28,29)30)32-4-6-9(22)11(24)13(33-6)17-2-1-7(20)16-15(17)27/h1-3,5-6,8-13,19,21-24H,4H2,(H,25,26)(H,16,20,27)(H2,28,29,30)/t5-,6+,8+,9+,10+,11+,12-,13+,37?/m0/s1. The fourth-order valence-corrected chi connectivity index (χ4v) is 5.21. The van der Waals surface area contributed by atoms with E-state index in [1.165, 1.54) is 0 Å². The normalized spacial score (nSPS) is 27.1. The number of carbonyl (C=O) groups excluding carboxylic acids is 1. The molecule has 210 valence electrons. The molecule has 0 saturated carbocycles. The van der Waals surface area contributed by atoms with Gasteiger partial charge in [-0.05, 0) is 0 Å². The molecule has 22 heteroatoms. The van der Waals surface area contributed by atoms with Crippen LogP contribution in [-0.4, -0.2) is 112 Å². The number of carboxylic acids is 1. The predicted octanol–water partition coefficient (Wildman–Crippen LogP) is -4.86. The number of hydrogen-bond donors (Lipinski definition) is 9. The highest BCUT2D eigenvalue weighted by molar-refractivity contribution is 7.61. The van der Waals surface area contributed by atoms with Crippen molar-refractivity contribution in [1.82, 2.24) is 9.55 Å². The maximum Gasteiger partial charge on any atom is 0.484 e. The molecule has 0 spiro atoms. The van der Waals surface area contributed by atoms with Gasteiger partial charge in [-0.3, -0.25) is 23.4 Å². The van der Waals surface area contributed by atoms with Crippen LogP contribution >= 0.6 is 15.6 Å². The maximum absolute atomic E-state index is 12.9. The highest BCUT2D eigenvalue weighted by Gasteiger charge is 2.49. The molecule has 0 amide bonds. The van der Waals surface area contributed by atoms with Gasteiger partial charge in [-0.1, -0.05) is 0 Å². The number of nitrogens with one attached hydrogen (secondary N) is 1. The lowest BCUT2D eigenvalue weighted by Crippen LogP contribution is -2.49. The van der Waals surface area contributed by atoms with Gasteiger partial charge >= 0.3 is 27.3 Å². The number of aliphatic carboxylic acids is 1. The van der Waals surface area contributed by atoms with Gasteiger partial charge in [0, 0.05) is 12.3 Å². The molecule has 1 fully saturated rings. The molecular formula is C15H22N2O18P2. The Hall–Kier alpha value is -2.16. The lowest BCUT2D eigenvalue weighted by molar-refractivity contribution is -0.162. The Morgan fingerprint density at radius 3 is 2.30 bits per heavy atom. The van der Waals surface area contributed by atoms with E-state index < -0.39 is 88.4 Å². The van der Waals surface area contributed by atoms with Crippen LogP contribution in [0.25, 0.3) is 0 Å². The zero-order chi connectivity index (χ0) is 28.3. The van der Waals surface area contributed by atoms with Crippen molar-refractivity contribution >= 4 is 27.9 Å². The molecule has 1 saturated heterocycles. The van der Waals surface area contributed by atoms with Crippen LogP contribution in [0.4, 0.5) is 0 Å². The molecule has 1 aliphatic rings. The van der Waals surface area contributed by atoms with Crippen molar-refractivity contribution in [3.63, 3.8) is 0 Å². The van der Waals surface area contributed by atoms with Gasteiger partial charge in [-0.2, -0.15) is 4.31 Å². The Balaban J connectivity index is 2.27. The maximum atomic E-state index is 12.9. The molecule has 0 aromatic carbocycles. The number of nitrogens with zero attached hydrogens (tertiary/aromatic N) is 1. The number of rotatable bonds is 13. The summed E-state index contributed by atoms with van der Waals surface area (Å²) in [4.78, 5) is 65.1. The minimum Gasteiger partial charge on any atom is -0.479 e. The fraction of sp³-hybridized carbons (Fsp3) is 0.600. The molecule has 2 heterocycles. The summed E-state index contributed by atoms with van der Waals surface area (Å²) in [6.07, 6.45) is -17.1. The van der Waals surface area contributed by atoms with Crippen molar-refractivity contribution in [3.8, 4) is 0 Å². The molecule has 37 heavy (non-hydrogen) atoms. The second-order valence-electron chi connectivity index (χ2n) is 7.35. The van der Waals surface area contributed by atoms with Crippen molar-refractivity contribution in [2.45, 2.75) is 49.0 Å². The van der Waals surface area contributed by atoms with Crippen LogP contribution in [-0.2, 0) is 36.8 Å². The van der Waals surface area contributed by atoms with Crippen LogP contribution in [0.3, 0.4) is 0 Å². The predicted molar refractivity (Wildman–Crippen MR) is 111 cm³/mol. The summed E-state index contributed by atoms with van der Waals surface area (Å²) in [5, 5.41) is 58.4. The second-order valence-corrected chi connectivity index (χ2v) is 10.3. The fourth-order valence-electron chi connectivity index (χ4n) is 2.95. The van der Waals surface area contributed by atoms with Crippen LogP contribution in [0.5, 0.6) is 0 Å². The quantitative estimate of drug-likeness (QED) is 0.0780. The third-order valence-electron chi connectivity index (χ3n) is 4.70. The number of aliphatic hydroxyl groups is 5. The molecule has 9 atom stereocenters. The number of ether oxygens (including phenoxy) is 1. The zero-order valence-electron chi connectivity index (χ0n) is 18.1. The monoisotopic (exact) mass is 580 g/mol. The molecule has 20 nitrogen and oxygen atoms in total. The Bertz CT molecular complexity index is 1180. The molecule has 0 aliphatic carbocycles. The van der Waals surface area contributed by atoms with Crippen LogP contribution in [0, 0.1) is 0 Å². The molecule has 2 rings (SSSR count). The van der Waals surface area contributed by atoms with Crippen LogP contribution in [0.15, 0.2) is 21.9 Å². The minimum atomic E-state index is -5.80. The van der Waals surface area contributed by atoms with E-state index in [0.29, 0.717) is 4.57 Å². The SMILES string of the molecule is O=C[C@H](O)[C@@H](O)[C@@H](O)[C@H](OP(=O)(OC[C@H]1O[C@@H](n2ccc(=O)[nH]c2=O)[C@H](O)[C@@H]1O)OP(=O)(O)O)C(=O)O. The molecular weight excluding hydrogens is 558 g/mol. The summed E-state index contributed by atoms with van der Waals surface area (Å²) in [6.45, 7) is -1.22. The molecule has 1 aliphatic heterocycles. The summed E-state index contributed by atoms with van der Waals surface area (Å²) >= 11 is 0. The molecule has 0 radical (unpaired) electrons. The summed E-state index contributed by atoms with van der Waals surface area (Å²) in [5.74, 6) is -2.23. The van der Waals surface area contributed by atoms with Crippen molar-refractivity contribution in [2.24, 2.45) is 0 Å². The van der Waals surface area contributed by atoms with E-state index in [4.69, 9.17) is 14.5 Å². The summed E-state index contributed by atoms with van der Waals surface area (Å²) < 4.78 is 42.9. The number of H-pyrrole nitrogens is 1. The number of phosphoric ester groups is 1. The van der Waals surface area contributed by atoms with Crippen molar-refractivity contribution in [3.05, 3.63) is 33.1 Å². The molecule has 1 unspecified atom stereocenters. The average Bonchev–Trinajstić information content (AvgIpc) is 3.07. The highest BCUT2D eigenvalue weighted by atomic mass is 31.3. The van der Waals surface area contributed by atoms with Gasteiger partial charge < -0.3 is 50.0 Å². The number of hydrogen-bond acceptors (Lipinski definition) is 15. The van der Waals surface area contributed by atoms with Gasteiger partial charge in [0.1, 0.15) is 36.6 Å². The number of aliphatic hydroxyl groups excluding tert-OH is 5. The number of aromatic nitrogens is 2. The van der Waals surface area contributed by atoms with E-state index in [9.17, 15) is 58.9 Å². The Kier molecular flexibility index (Phi) is 10.2. The molecule has 1 aromatic heterocycles. The van der Waals surface area contributed by atoms with E-state index in [1.807, 2.05) is 4.98 Å².